The number of rotatable bonds is 5. The molecule has 0 spiro atoms. The van der Waals surface area contributed by atoms with Crippen LogP contribution in [0.5, 0.6) is 0 Å². The van der Waals surface area contributed by atoms with E-state index in [4.69, 9.17) is 4.74 Å². The lowest BCUT2D eigenvalue weighted by molar-refractivity contribution is -0.0811. The normalized spacial score (nSPS) is 18.7. The van der Waals surface area contributed by atoms with Crippen molar-refractivity contribution in [3.63, 3.8) is 0 Å². The molecule has 8 heteroatoms. The summed E-state index contributed by atoms with van der Waals surface area (Å²) in [5.74, 6) is -0.158. The summed E-state index contributed by atoms with van der Waals surface area (Å²) in [6.07, 6.45) is 4.57. The minimum Gasteiger partial charge on any atom is -0.394 e. The number of ether oxygens (including phenoxy) is 1. The fourth-order valence-electron chi connectivity index (χ4n) is 4.17. The Labute approximate surface area is 185 Å². The number of carbonyl (C=O) groups is 1. The van der Waals surface area contributed by atoms with Gasteiger partial charge in [-0.05, 0) is 23.8 Å². The maximum Gasteiger partial charge on any atom is 0.256 e. The van der Waals surface area contributed by atoms with Crippen LogP contribution in [-0.4, -0.2) is 61.3 Å². The average Bonchev–Trinajstić information content (AvgIpc) is 3.26. The summed E-state index contributed by atoms with van der Waals surface area (Å²) in [7, 11) is 0. The van der Waals surface area contributed by atoms with Gasteiger partial charge in [0, 0.05) is 18.9 Å². The minimum absolute atomic E-state index is 0.158. The van der Waals surface area contributed by atoms with E-state index in [2.05, 4.69) is 15.0 Å². The van der Waals surface area contributed by atoms with E-state index in [0.717, 1.165) is 11.3 Å². The third-order valence-electron chi connectivity index (χ3n) is 5.69. The lowest BCUT2D eigenvalue weighted by atomic mass is 9.97. The van der Waals surface area contributed by atoms with Gasteiger partial charge < -0.3 is 19.3 Å². The first-order valence-electron chi connectivity index (χ1n) is 10.5. The fraction of sp³-hybridized carbons (Fsp3) is 0.250. The lowest BCUT2D eigenvalue weighted by Crippen LogP contribution is -2.49. The smallest absolute Gasteiger partial charge is 0.256 e. The van der Waals surface area contributed by atoms with Crippen LogP contribution in [0.3, 0.4) is 0 Å². The summed E-state index contributed by atoms with van der Waals surface area (Å²) < 4.78 is 7.67. The number of imidazole rings is 1. The first kappa shape index (κ1) is 20.3. The van der Waals surface area contributed by atoms with Gasteiger partial charge >= 0.3 is 0 Å². The Morgan fingerprint density at radius 3 is 2.72 bits per heavy atom. The molecule has 1 amide bonds. The molecule has 4 aromatic rings. The van der Waals surface area contributed by atoms with Crippen LogP contribution in [0.1, 0.15) is 27.7 Å². The molecule has 0 radical (unpaired) electrons. The van der Waals surface area contributed by atoms with Crippen LogP contribution in [-0.2, 0) is 11.3 Å². The van der Waals surface area contributed by atoms with Gasteiger partial charge in [0.05, 0.1) is 43.4 Å². The molecule has 2 atom stereocenters. The van der Waals surface area contributed by atoms with Gasteiger partial charge in [-0.1, -0.05) is 36.4 Å². The maximum atomic E-state index is 13.5. The number of hydrogen-bond acceptors (Lipinski definition) is 6. The number of aliphatic hydroxyl groups is 1. The molecule has 0 unspecified atom stereocenters. The molecule has 1 aromatic carbocycles. The molecular weight excluding hydrogens is 406 g/mol. The molecule has 3 aromatic heterocycles. The summed E-state index contributed by atoms with van der Waals surface area (Å²) in [6, 6.07) is 16.8. The SMILES string of the molecule is O=C(c1cnc2c(c1)ncn2Cc1ccccn1)N1CCO[C@@H](CO)[C@@H]1c1ccccc1. The van der Waals surface area contributed by atoms with Crippen molar-refractivity contribution in [3.8, 4) is 0 Å². The van der Waals surface area contributed by atoms with Crippen LogP contribution < -0.4 is 0 Å². The number of aromatic nitrogens is 4. The number of pyridine rings is 2. The summed E-state index contributed by atoms with van der Waals surface area (Å²) in [4.78, 5) is 28.6. The van der Waals surface area contributed by atoms with Crippen LogP contribution in [0.2, 0.25) is 0 Å². The van der Waals surface area contributed by atoms with Crippen molar-refractivity contribution in [1.29, 1.82) is 0 Å². The standard InChI is InChI=1S/C24H23N5O3/c30-15-21-22(17-6-2-1-3-7-17)29(10-11-32-21)24(31)18-12-20-23(26-13-18)28(16-27-20)14-19-8-4-5-9-25-19/h1-9,12-13,16,21-22,30H,10-11,14-15H2/t21-,22-/m0/s1. The number of amides is 1. The zero-order chi connectivity index (χ0) is 21.9. The van der Waals surface area contributed by atoms with Gasteiger partial charge in [-0.25, -0.2) is 9.97 Å². The van der Waals surface area contributed by atoms with E-state index in [0.29, 0.717) is 36.4 Å². The molecule has 1 aliphatic heterocycles. The second-order valence-electron chi connectivity index (χ2n) is 7.71. The van der Waals surface area contributed by atoms with E-state index in [1.165, 1.54) is 0 Å². The number of nitrogens with zero attached hydrogens (tertiary/aromatic N) is 5. The largest absolute Gasteiger partial charge is 0.394 e. The maximum absolute atomic E-state index is 13.5. The Kier molecular flexibility index (Phi) is 5.62. The molecule has 0 aliphatic carbocycles. The van der Waals surface area contributed by atoms with Crippen LogP contribution in [0.4, 0.5) is 0 Å². The van der Waals surface area contributed by atoms with E-state index in [9.17, 15) is 9.90 Å². The second kappa shape index (κ2) is 8.86. The number of benzene rings is 1. The summed E-state index contributed by atoms with van der Waals surface area (Å²) >= 11 is 0. The van der Waals surface area contributed by atoms with Crippen molar-refractivity contribution in [2.45, 2.75) is 18.7 Å². The van der Waals surface area contributed by atoms with Gasteiger partial charge in [-0.15, -0.1) is 0 Å². The van der Waals surface area contributed by atoms with Crippen molar-refractivity contribution < 1.29 is 14.6 Å². The molecular formula is C24H23N5O3. The Morgan fingerprint density at radius 2 is 1.94 bits per heavy atom. The number of hydrogen-bond donors (Lipinski definition) is 1. The number of aliphatic hydroxyl groups excluding tert-OH is 1. The van der Waals surface area contributed by atoms with Gasteiger partial charge in [0.1, 0.15) is 11.6 Å². The zero-order valence-electron chi connectivity index (χ0n) is 17.4. The fourth-order valence-corrected chi connectivity index (χ4v) is 4.17. The van der Waals surface area contributed by atoms with E-state index in [1.54, 1.807) is 29.7 Å². The van der Waals surface area contributed by atoms with Crippen LogP contribution in [0.15, 0.2) is 73.3 Å². The molecule has 4 heterocycles. The van der Waals surface area contributed by atoms with E-state index in [-0.39, 0.29) is 18.6 Å². The highest BCUT2D eigenvalue weighted by Crippen LogP contribution is 2.31. The van der Waals surface area contributed by atoms with Crippen molar-refractivity contribution in [2.24, 2.45) is 0 Å². The lowest BCUT2D eigenvalue weighted by Gasteiger charge is -2.41. The number of morpholine rings is 1. The Bertz CT molecular complexity index is 1210. The van der Waals surface area contributed by atoms with Gasteiger partial charge in [0.2, 0.25) is 0 Å². The van der Waals surface area contributed by atoms with Crippen molar-refractivity contribution in [2.75, 3.05) is 19.8 Å². The van der Waals surface area contributed by atoms with Crippen molar-refractivity contribution >= 4 is 17.1 Å². The predicted octanol–water partition coefficient (Wildman–Crippen LogP) is 2.45. The van der Waals surface area contributed by atoms with Crippen LogP contribution in [0.25, 0.3) is 11.2 Å². The molecule has 0 saturated carbocycles. The minimum atomic E-state index is -0.482. The Balaban J connectivity index is 1.44. The molecule has 1 N–H and O–H groups in total. The van der Waals surface area contributed by atoms with Gasteiger partial charge in [0.25, 0.3) is 5.91 Å². The van der Waals surface area contributed by atoms with E-state index >= 15 is 0 Å². The van der Waals surface area contributed by atoms with Gasteiger partial charge in [0.15, 0.2) is 5.65 Å². The number of fused-ring (bicyclic) bond motifs is 1. The molecule has 32 heavy (non-hydrogen) atoms. The third-order valence-corrected chi connectivity index (χ3v) is 5.69. The van der Waals surface area contributed by atoms with Crippen molar-refractivity contribution in [1.82, 2.24) is 24.4 Å². The molecule has 1 fully saturated rings. The topological polar surface area (TPSA) is 93.4 Å². The van der Waals surface area contributed by atoms with Crippen LogP contribution >= 0.6 is 0 Å². The van der Waals surface area contributed by atoms with Gasteiger partial charge in [-0.2, -0.15) is 0 Å². The van der Waals surface area contributed by atoms with Crippen LogP contribution in [0, 0.1) is 0 Å². The first-order valence-corrected chi connectivity index (χ1v) is 10.5. The second-order valence-corrected chi connectivity index (χ2v) is 7.71. The third kappa shape index (κ3) is 3.86. The first-order chi connectivity index (χ1) is 15.7. The molecule has 0 bridgehead atoms. The summed E-state index contributed by atoms with van der Waals surface area (Å²) in [5, 5.41) is 9.86. The van der Waals surface area contributed by atoms with Crippen molar-refractivity contribution in [3.05, 3.63) is 90.1 Å². The number of carbonyl (C=O) groups excluding carboxylic acids is 1. The van der Waals surface area contributed by atoms with Gasteiger partial charge in [-0.3, -0.25) is 9.78 Å². The highest BCUT2D eigenvalue weighted by Gasteiger charge is 2.36. The monoisotopic (exact) mass is 429 g/mol. The van der Waals surface area contributed by atoms with E-state index < -0.39 is 6.10 Å². The van der Waals surface area contributed by atoms with E-state index in [1.807, 2.05) is 53.1 Å². The predicted molar refractivity (Wildman–Crippen MR) is 118 cm³/mol. The molecule has 162 valence electrons. The molecule has 1 aliphatic rings. The molecule has 8 nitrogen and oxygen atoms in total. The summed E-state index contributed by atoms with van der Waals surface area (Å²) in [6.45, 7) is 1.18. The zero-order valence-corrected chi connectivity index (χ0v) is 17.4. The molecule has 1 saturated heterocycles. The highest BCUT2D eigenvalue weighted by atomic mass is 16.5. The Hall–Kier alpha value is -3.62. The average molecular weight is 429 g/mol. The Morgan fingerprint density at radius 1 is 1.09 bits per heavy atom. The quantitative estimate of drug-likeness (QED) is 0.524. The summed E-state index contributed by atoms with van der Waals surface area (Å²) in [5.41, 5.74) is 3.63. The highest BCUT2D eigenvalue weighted by molar-refractivity contribution is 5.96. The molecule has 5 rings (SSSR count).